The van der Waals surface area contributed by atoms with Crippen molar-refractivity contribution in [3.05, 3.63) is 47.5 Å². The Morgan fingerprint density at radius 3 is 2.39 bits per heavy atom. The molecule has 0 saturated carbocycles. The van der Waals surface area contributed by atoms with E-state index >= 15 is 0 Å². The van der Waals surface area contributed by atoms with Crippen LogP contribution in [0.2, 0.25) is 0 Å². The zero-order chi connectivity index (χ0) is 13.8. The number of hydrogen-bond donors (Lipinski definition) is 1. The molecule has 0 aliphatic carbocycles. The lowest BCUT2D eigenvalue weighted by molar-refractivity contribution is 0.516. The van der Waals surface area contributed by atoms with E-state index in [1.54, 1.807) is 0 Å². The van der Waals surface area contributed by atoms with Crippen molar-refractivity contribution in [2.45, 2.75) is 52.0 Å². The van der Waals surface area contributed by atoms with Crippen molar-refractivity contribution in [1.29, 1.82) is 0 Å². The highest BCUT2D eigenvalue weighted by molar-refractivity contribution is 5.35. The molecule has 0 radical (unpaired) electrons. The van der Waals surface area contributed by atoms with Crippen LogP contribution < -0.4 is 5.32 Å². The van der Waals surface area contributed by atoms with Crippen molar-refractivity contribution in [3.63, 3.8) is 0 Å². The monoisotopic (exact) mass is 245 g/mol. The smallest absolute Gasteiger partial charge is 0.0323 e. The van der Waals surface area contributed by atoms with Gasteiger partial charge in [-0.25, -0.2) is 0 Å². The fourth-order valence-electron chi connectivity index (χ4n) is 2.33. The molecule has 1 aromatic rings. The summed E-state index contributed by atoms with van der Waals surface area (Å²) in [4.78, 5) is 0. The lowest BCUT2D eigenvalue weighted by Crippen LogP contribution is -2.22. The van der Waals surface area contributed by atoms with E-state index in [0.717, 1.165) is 12.8 Å². The Morgan fingerprint density at radius 1 is 1.28 bits per heavy atom. The van der Waals surface area contributed by atoms with Crippen LogP contribution in [0.1, 0.15) is 57.7 Å². The summed E-state index contributed by atoms with van der Waals surface area (Å²) in [6, 6.07) is 9.18. The maximum absolute atomic E-state index is 4.00. The molecule has 0 aromatic heterocycles. The molecular weight excluding hydrogens is 218 g/mol. The molecule has 1 nitrogen and oxygen atoms in total. The Morgan fingerprint density at radius 2 is 1.89 bits per heavy atom. The van der Waals surface area contributed by atoms with Gasteiger partial charge in [-0.1, -0.05) is 50.6 Å². The Balaban J connectivity index is 3.02. The van der Waals surface area contributed by atoms with Gasteiger partial charge in [0.1, 0.15) is 0 Å². The van der Waals surface area contributed by atoms with Crippen LogP contribution >= 0.6 is 0 Å². The first kappa shape index (κ1) is 15.0. The quantitative estimate of drug-likeness (QED) is 0.747. The van der Waals surface area contributed by atoms with Crippen LogP contribution in [0.4, 0.5) is 0 Å². The number of allylic oxidation sites excluding steroid dienone is 1. The van der Waals surface area contributed by atoms with E-state index in [1.807, 2.05) is 7.05 Å². The fraction of sp³-hybridized carbons (Fsp3) is 0.529. The average Bonchev–Trinajstić information content (AvgIpc) is 2.29. The van der Waals surface area contributed by atoms with E-state index in [-0.39, 0.29) is 5.41 Å². The first-order valence-corrected chi connectivity index (χ1v) is 6.77. The minimum absolute atomic E-state index is 0.189. The SMILES string of the molecule is C=C(C)CCC(NC)c1ccccc1C(C)(C)C. The van der Waals surface area contributed by atoms with Gasteiger partial charge in [0, 0.05) is 6.04 Å². The van der Waals surface area contributed by atoms with Crippen molar-refractivity contribution >= 4 is 0 Å². The molecule has 100 valence electrons. The topological polar surface area (TPSA) is 12.0 Å². The highest BCUT2D eigenvalue weighted by Gasteiger charge is 2.21. The molecule has 1 rings (SSSR count). The molecule has 0 saturated heterocycles. The molecule has 1 N–H and O–H groups in total. The van der Waals surface area contributed by atoms with Crippen LogP contribution in [-0.2, 0) is 5.41 Å². The van der Waals surface area contributed by atoms with Crippen molar-refractivity contribution < 1.29 is 0 Å². The van der Waals surface area contributed by atoms with Gasteiger partial charge in [-0.2, -0.15) is 0 Å². The summed E-state index contributed by atoms with van der Waals surface area (Å²) in [5.74, 6) is 0. The van der Waals surface area contributed by atoms with Gasteiger partial charge >= 0.3 is 0 Å². The summed E-state index contributed by atoms with van der Waals surface area (Å²) in [6.07, 6.45) is 2.18. The third-order valence-corrected chi connectivity index (χ3v) is 3.35. The van der Waals surface area contributed by atoms with E-state index in [2.05, 4.69) is 63.9 Å². The third kappa shape index (κ3) is 3.99. The molecule has 0 amide bonds. The normalized spacial score (nSPS) is 13.4. The summed E-state index contributed by atoms with van der Waals surface area (Å²) in [5, 5.41) is 3.45. The molecule has 18 heavy (non-hydrogen) atoms. The van der Waals surface area contributed by atoms with Gasteiger partial charge < -0.3 is 5.32 Å². The summed E-state index contributed by atoms with van der Waals surface area (Å²) >= 11 is 0. The first-order chi connectivity index (χ1) is 8.36. The lowest BCUT2D eigenvalue weighted by Gasteiger charge is -2.27. The van der Waals surface area contributed by atoms with Crippen LogP contribution in [-0.4, -0.2) is 7.05 Å². The van der Waals surface area contributed by atoms with Crippen molar-refractivity contribution in [2.24, 2.45) is 0 Å². The number of nitrogens with one attached hydrogen (secondary N) is 1. The maximum atomic E-state index is 4.00. The van der Waals surface area contributed by atoms with Crippen molar-refractivity contribution in [1.82, 2.24) is 5.32 Å². The molecule has 1 aromatic carbocycles. The number of benzene rings is 1. The molecule has 1 unspecified atom stereocenters. The van der Waals surface area contributed by atoms with Gasteiger partial charge in [0.25, 0.3) is 0 Å². The van der Waals surface area contributed by atoms with Gasteiger partial charge in [0.05, 0.1) is 0 Å². The van der Waals surface area contributed by atoms with Crippen LogP contribution in [0.3, 0.4) is 0 Å². The van der Waals surface area contributed by atoms with E-state index in [1.165, 1.54) is 16.7 Å². The van der Waals surface area contributed by atoms with Gasteiger partial charge in [0.2, 0.25) is 0 Å². The molecule has 0 aliphatic rings. The molecular formula is C17H27N. The fourth-order valence-corrected chi connectivity index (χ4v) is 2.33. The Labute approximate surface area is 112 Å². The van der Waals surface area contributed by atoms with E-state index in [4.69, 9.17) is 0 Å². The molecule has 1 atom stereocenters. The zero-order valence-corrected chi connectivity index (χ0v) is 12.5. The van der Waals surface area contributed by atoms with Gasteiger partial charge in [-0.3, -0.25) is 0 Å². The molecule has 1 heteroatoms. The largest absolute Gasteiger partial charge is 0.313 e. The van der Waals surface area contributed by atoms with Crippen molar-refractivity contribution in [2.75, 3.05) is 7.05 Å². The van der Waals surface area contributed by atoms with E-state index in [0.29, 0.717) is 6.04 Å². The summed E-state index contributed by atoms with van der Waals surface area (Å²) < 4.78 is 0. The molecule has 0 spiro atoms. The second-order valence-electron chi connectivity index (χ2n) is 6.17. The highest BCUT2D eigenvalue weighted by Crippen LogP contribution is 2.31. The van der Waals surface area contributed by atoms with Gasteiger partial charge in [-0.05, 0) is 43.4 Å². The molecule has 0 bridgehead atoms. The minimum atomic E-state index is 0.189. The molecule has 0 heterocycles. The van der Waals surface area contributed by atoms with Gasteiger partial charge in [-0.15, -0.1) is 6.58 Å². The lowest BCUT2D eigenvalue weighted by atomic mass is 9.81. The van der Waals surface area contributed by atoms with Crippen LogP contribution in [0.25, 0.3) is 0 Å². The van der Waals surface area contributed by atoms with Crippen molar-refractivity contribution in [3.8, 4) is 0 Å². The predicted molar refractivity (Wildman–Crippen MR) is 81.0 cm³/mol. The Bertz CT molecular complexity index is 398. The molecule has 0 fully saturated rings. The second kappa shape index (κ2) is 6.19. The van der Waals surface area contributed by atoms with E-state index in [9.17, 15) is 0 Å². The van der Waals surface area contributed by atoms with Crippen LogP contribution in [0, 0.1) is 0 Å². The Hall–Kier alpha value is -1.08. The standard InChI is InChI=1S/C17H27N/c1-13(2)11-12-16(18-6)14-9-7-8-10-15(14)17(3,4)5/h7-10,16,18H,1,11-12H2,2-6H3. The van der Waals surface area contributed by atoms with Crippen LogP contribution in [0.5, 0.6) is 0 Å². The maximum Gasteiger partial charge on any atom is 0.0323 e. The summed E-state index contributed by atoms with van der Waals surface area (Å²) in [5.41, 5.74) is 4.30. The number of rotatable bonds is 5. The highest BCUT2D eigenvalue weighted by atomic mass is 14.9. The summed E-state index contributed by atoms with van der Waals surface area (Å²) in [7, 11) is 2.04. The van der Waals surface area contributed by atoms with E-state index < -0.39 is 0 Å². The van der Waals surface area contributed by atoms with Crippen LogP contribution in [0.15, 0.2) is 36.4 Å². The average molecular weight is 245 g/mol. The first-order valence-electron chi connectivity index (χ1n) is 6.77. The van der Waals surface area contributed by atoms with Gasteiger partial charge in [0.15, 0.2) is 0 Å². The third-order valence-electron chi connectivity index (χ3n) is 3.35. The molecule has 0 aliphatic heterocycles. The zero-order valence-electron chi connectivity index (χ0n) is 12.5. The second-order valence-corrected chi connectivity index (χ2v) is 6.17. The number of hydrogen-bond acceptors (Lipinski definition) is 1. The summed E-state index contributed by atoms with van der Waals surface area (Å²) in [6.45, 7) is 12.9. The predicted octanol–water partition coefficient (Wildman–Crippen LogP) is 4.60. The minimum Gasteiger partial charge on any atom is -0.313 e. The Kier molecular flexibility index (Phi) is 5.15.